The summed E-state index contributed by atoms with van der Waals surface area (Å²) in [6.45, 7) is 1.68. The van der Waals surface area contributed by atoms with Gasteiger partial charge in [-0.2, -0.15) is 5.10 Å². The van der Waals surface area contributed by atoms with E-state index in [0.29, 0.717) is 17.0 Å². The Hall–Kier alpha value is -4.00. The fourth-order valence-electron chi connectivity index (χ4n) is 2.58. The average molecular weight is 405 g/mol. The first-order valence-electron chi connectivity index (χ1n) is 9.18. The van der Waals surface area contributed by atoms with Crippen LogP contribution in [0.4, 0.5) is 10.1 Å². The molecule has 3 aromatic rings. The third kappa shape index (κ3) is 6.00. The summed E-state index contributed by atoms with van der Waals surface area (Å²) in [4.78, 5) is 24.0. The second kappa shape index (κ2) is 9.97. The van der Waals surface area contributed by atoms with Crippen molar-refractivity contribution >= 4 is 23.7 Å². The highest BCUT2D eigenvalue weighted by atomic mass is 19.1. The Morgan fingerprint density at radius 1 is 1.00 bits per heavy atom. The van der Waals surface area contributed by atoms with E-state index in [1.165, 1.54) is 30.5 Å². The fourth-order valence-corrected chi connectivity index (χ4v) is 2.58. The van der Waals surface area contributed by atoms with E-state index >= 15 is 0 Å². The number of aryl methyl sites for hydroxylation is 1. The highest BCUT2D eigenvalue weighted by Crippen LogP contribution is 2.12. The van der Waals surface area contributed by atoms with Gasteiger partial charge in [0.2, 0.25) is 0 Å². The maximum atomic E-state index is 12.9. The van der Waals surface area contributed by atoms with Gasteiger partial charge in [0.05, 0.1) is 6.21 Å². The van der Waals surface area contributed by atoms with Crippen molar-refractivity contribution in [1.29, 1.82) is 0 Å². The van der Waals surface area contributed by atoms with E-state index in [9.17, 15) is 14.0 Å². The molecule has 0 aromatic heterocycles. The van der Waals surface area contributed by atoms with Gasteiger partial charge < -0.3 is 10.1 Å². The molecule has 3 rings (SSSR count). The number of ether oxygens (including phenoxy) is 1. The van der Waals surface area contributed by atoms with Gasteiger partial charge in [0, 0.05) is 11.3 Å². The van der Waals surface area contributed by atoms with Crippen LogP contribution in [0.1, 0.15) is 21.5 Å². The second-order valence-electron chi connectivity index (χ2n) is 6.43. The molecule has 0 spiro atoms. The first kappa shape index (κ1) is 20.7. The van der Waals surface area contributed by atoms with Crippen LogP contribution in [0, 0.1) is 12.7 Å². The van der Waals surface area contributed by atoms with Crippen molar-refractivity contribution in [2.24, 2.45) is 5.10 Å². The molecular weight excluding hydrogens is 385 g/mol. The van der Waals surface area contributed by atoms with Crippen LogP contribution in [0.3, 0.4) is 0 Å². The van der Waals surface area contributed by atoms with Crippen LogP contribution < -0.4 is 15.5 Å². The lowest BCUT2D eigenvalue weighted by atomic mass is 10.1. The molecule has 3 aromatic carbocycles. The molecule has 7 heteroatoms. The van der Waals surface area contributed by atoms with Crippen molar-refractivity contribution in [1.82, 2.24) is 5.43 Å². The van der Waals surface area contributed by atoms with Crippen LogP contribution in [0.5, 0.6) is 5.75 Å². The molecule has 0 aliphatic heterocycles. The van der Waals surface area contributed by atoms with E-state index in [2.05, 4.69) is 15.8 Å². The number of anilines is 1. The number of hydrazone groups is 1. The topological polar surface area (TPSA) is 79.8 Å². The summed E-state index contributed by atoms with van der Waals surface area (Å²) < 4.78 is 18.3. The molecular formula is C23H20FN3O3. The number of halogens is 1. The molecule has 0 aliphatic rings. The summed E-state index contributed by atoms with van der Waals surface area (Å²) in [7, 11) is 0. The van der Waals surface area contributed by atoms with Crippen LogP contribution in [-0.4, -0.2) is 24.6 Å². The molecule has 0 unspecified atom stereocenters. The number of amides is 2. The van der Waals surface area contributed by atoms with E-state index in [-0.39, 0.29) is 24.2 Å². The van der Waals surface area contributed by atoms with Gasteiger partial charge in [-0.1, -0.05) is 18.2 Å². The normalized spacial score (nSPS) is 10.6. The Morgan fingerprint density at radius 3 is 2.40 bits per heavy atom. The van der Waals surface area contributed by atoms with Crippen molar-refractivity contribution < 1.29 is 18.7 Å². The van der Waals surface area contributed by atoms with E-state index in [1.54, 1.807) is 36.4 Å². The minimum absolute atomic E-state index is 0.183. The molecule has 6 nitrogen and oxygen atoms in total. The molecule has 0 aliphatic carbocycles. The molecule has 0 saturated heterocycles. The molecule has 0 radical (unpaired) electrons. The summed E-state index contributed by atoms with van der Waals surface area (Å²) in [6, 6.07) is 19.6. The average Bonchev–Trinajstić information content (AvgIpc) is 2.75. The lowest BCUT2D eigenvalue weighted by molar-refractivity contribution is -0.118. The van der Waals surface area contributed by atoms with Crippen molar-refractivity contribution in [3.63, 3.8) is 0 Å². The van der Waals surface area contributed by atoms with Gasteiger partial charge in [0.25, 0.3) is 11.8 Å². The van der Waals surface area contributed by atoms with Gasteiger partial charge in [-0.25, -0.2) is 9.82 Å². The monoisotopic (exact) mass is 405 g/mol. The van der Waals surface area contributed by atoms with Crippen molar-refractivity contribution in [3.8, 4) is 5.75 Å². The first-order valence-corrected chi connectivity index (χ1v) is 9.18. The van der Waals surface area contributed by atoms with E-state index < -0.39 is 0 Å². The molecule has 0 bridgehead atoms. The molecule has 30 heavy (non-hydrogen) atoms. The summed E-state index contributed by atoms with van der Waals surface area (Å²) in [5.74, 6) is -0.504. The highest BCUT2D eigenvalue weighted by molar-refractivity contribution is 5.96. The van der Waals surface area contributed by atoms with Crippen LogP contribution in [0.2, 0.25) is 0 Å². The Labute approximate surface area is 173 Å². The van der Waals surface area contributed by atoms with Gasteiger partial charge in [-0.15, -0.1) is 0 Å². The van der Waals surface area contributed by atoms with E-state index in [0.717, 1.165) is 11.1 Å². The number of nitrogens with one attached hydrogen (secondary N) is 2. The zero-order valence-corrected chi connectivity index (χ0v) is 16.3. The minimum atomic E-state index is -0.373. The Balaban J connectivity index is 1.47. The second-order valence-corrected chi connectivity index (χ2v) is 6.43. The van der Waals surface area contributed by atoms with Gasteiger partial charge in [-0.05, 0) is 72.6 Å². The van der Waals surface area contributed by atoms with Crippen molar-refractivity contribution in [2.75, 3.05) is 11.9 Å². The fraction of sp³-hybridized carbons (Fsp3) is 0.0870. The molecule has 0 atom stereocenters. The predicted octanol–water partition coefficient (Wildman–Crippen LogP) is 3.92. The number of hydrogen-bond donors (Lipinski definition) is 2. The largest absolute Gasteiger partial charge is 0.484 e. The molecule has 2 N–H and O–H groups in total. The molecule has 0 saturated carbocycles. The third-order valence-corrected chi connectivity index (χ3v) is 4.15. The number of nitrogens with zero attached hydrogens (tertiary/aromatic N) is 1. The molecule has 2 amide bonds. The highest BCUT2D eigenvalue weighted by Gasteiger charge is 2.06. The van der Waals surface area contributed by atoms with Gasteiger partial charge in [0.15, 0.2) is 6.61 Å². The van der Waals surface area contributed by atoms with Gasteiger partial charge in [-0.3, -0.25) is 9.59 Å². The molecule has 0 heterocycles. The molecule has 0 fully saturated rings. The van der Waals surface area contributed by atoms with Crippen LogP contribution in [0.15, 0.2) is 77.9 Å². The summed E-state index contributed by atoms with van der Waals surface area (Å²) in [5.41, 5.74) is 5.17. The minimum Gasteiger partial charge on any atom is -0.484 e. The standard InChI is InChI=1S/C23H20FN3O3/c1-16-4-2-3-5-21(16)23(29)27-25-14-17-6-12-20(13-7-17)30-15-22(28)26-19-10-8-18(24)9-11-19/h2-14H,15H2,1H3,(H,26,28)(H,27,29)/b25-14-. The van der Waals surface area contributed by atoms with E-state index in [4.69, 9.17) is 4.74 Å². The zero-order chi connectivity index (χ0) is 21.3. The number of carbonyl (C=O) groups excluding carboxylic acids is 2. The number of benzene rings is 3. The summed E-state index contributed by atoms with van der Waals surface area (Å²) in [6.07, 6.45) is 1.52. The quantitative estimate of drug-likeness (QED) is 0.462. The maximum Gasteiger partial charge on any atom is 0.271 e. The van der Waals surface area contributed by atoms with Crippen molar-refractivity contribution in [2.45, 2.75) is 6.92 Å². The Kier molecular flexibility index (Phi) is 6.89. The van der Waals surface area contributed by atoms with Crippen LogP contribution >= 0.6 is 0 Å². The maximum absolute atomic E-state index is 12.9. The zero-order valence-electron chi connectivity index (χ0n) is 16.3. The number of carbonyl (C=O) groups is 2. The van der Waals surface area contributed by atoms with Crippen molar-refractivity contribution in [3.05, 3.63) is 95.3 Å². The predicted molar refractivity (Wildman–Crippen MR) is 113 cm³/mol. The summed E-state index contributed by atoms with van der Waals surface area (Å²) >= 11 is 0. The SMILES string of the molecule is Cc1ccccc1C(=O)N/N=C\c1ccc(OCC(=O)Nc2ccc(F)cc2)cc1. The Bertz CT molecular complexity index is 1050. The van der Waals surface area contributed by atoms with Crippen LogP contribution in [0.25, 0.3) is 0 Å². The van der Waals surface area contributed by atoms with Gasteiger partial charge in [0.1, 0.15) is 11.6 Å². The lowest BCUT2D eigenvalue weighted by Gasteiger charge is -2.07. The molecule has 152 valence electrons. The number of rotatable bonds is 7. The van der Waals surface area contributed by atoms with E-state index in [1.807, 2.05) is 19.1 Å². The first-order chi connectivity index (χ1) is 14.5. The number of hydrogen-bond acceptors (Lipinski definition) is 4. The summed E-state index contributed by atoms with van der Waals surface area (Å²) in [5, 5.41) is 6.57. The smallest absolute Gasteiger partial charge is 0.271 e. The Morgan fingerprint density at radius 2 is 1.70 bits per heavy atom. The third-order valence-electron chi connectivity index (χ3n) is 4.15. The van der Waals surface area contributed by atoms with Crippen LogP contribution in [-0.2, 0) is 4.79 Å². The lowest BCUT2D eigenvalue weighted by Crippen LogP contribution is -2.20. The van der Waals surface area contributed by atoms with Gasteiger partial charge >= 0.3 is 0 Å².